The normalized spacial score (nSPS) is 9.50. The maximum atomic E-state index is 11.6. The first-order chi connectivity index (χ1) is 11.6. The van der Waals surface area contributed by atoms with E-state index in [2.05, 4.69) is 26.4 Å². The Hall–Kier alpha value is -3.67. The first-order valence-corrected chi connectivity index (χ1v) is 6.86. The molecule has 9 heteroatoms. The molecule has 3 amide bonds. The lowest BCUT2D eigenvalue weighted by Gasteiger charge is -2.10. The van der Waals surface area contributed by atoms with Crippen molar-refractivity contribution in [3.63, 3.8) is 0 Å². The van der Waals surface area contributed by atoms with E-state index < -0.39 is 11.9 Å². The third-order valence-electron chi connectivity index (χ3n) is 2.72. The van der Waals surface area contributed by atoms with Gasteiger partial charge >= 0.3 is 6.03 Å². The van der Waals surface area contributed by atoms with E-state index in [-0.39, 0.29) is 18.2 Å². The summed E-state index contributed by atoms with van der Waals surface area (Å²) in [6.07, 6.45) is 0. The zero-order chi connectivity index (χ0) is 17.4. The van der Waals surface area contributed by atoms with Gasteiger partial charge in [0.1, 0.15) is 11.8 Å². The number of hydrogen-bond acceptors (Lipinski definition) is 6. The van der Waals surface area contributed by atoms with Gasteiger partial charge in [-0.3, -0.25) is 15.5 Å². The number of anilines is 1. The summed E-state index contributed by atoms with van der Waals surface area (Å²) in [7, 11) is 0. The van der Waals surface area contributed by atoms with Crippen molar-refractivity contribution in [3.8, 4) is 11.8 Å². The molecule has 2 aromatic rings. The number of hydrazine groups is 1. The summed E-state index contributed by atoms with van der Waals surface area (Å²) in [4.78, 5) is 23.2. The fourth-order valence-corrected chi connectivity index (χ4v) is 1.60. The number of carbonyl (C=O) groups excluding carboxylic acids is 2. The Morgan fingerprint density at radius 2 is 1.96 bits per heavy atom. The molecule has 122 valence electrons. The number of nitriles is 1. The van der Waals surface area contributed by atoms with Gasteiger partial charge in [0.2, 0.25) is 0 Å². The maximum Gasteiger partial charge on any atom is 0.339 e. The number of aromatic nitrogens is 2. The van der Waals surface area contributed by atoms with E-state index in [1.54, 1.807) is 43.3 Å². The van der Waals surface area contributed by atoms with Gasteiger partial charge in [-0.25, -0.2) is 10.2 Å². The maximum absolute atomic E-state index is 11.6. The average Bonchev–Trinajstić information content (AvgIpc) is 2.60. The van der Waals surface area contributed by atoms with Crippen LogP contribution in [0.3, 0.4) is 0 Å². The van der Waals surface area contributed by atoms with Gasteiger partial charge in [-0.05, 0) is 31.2 Å². The van der Waals surface area contributed by atoms with Gasteiger partial charge in [0.15, 0.2) is 12.4 Å². The van der Waals surface area contributed by atoms with Crippen LogP contribution >= 0.6 is 0 Å². The fraction of sp³-hybridized carbons (Fsp3) is 0.133. The average molecular weight is 326 g/mol. The zero-order valence-electron chi connectivity index (χ0n) is 12.7. The summed E-state index contributed by atoms with van der Waals surface area (Å²) in [5.41, 5.74) is 5.34. The van der Waals surface area contributed by atoms with Crippen LogP contribution in [0, 0.1) is 18.3 Å². The van der Waals surface area contributed by atoms with E-state index in [1.165, 1.54) is 0 Å². The number of amides is 3. The standard InChI is InChI=1S/C15H14N6O3/c1-10-6-7-13(19-18-10)17-15(23)21-20-14(22)9-24-12-5-3-2-4-11(12)8-16/h2-7H,9H2,1H3,(H,20,22)(H2,17,19,21,23). The molecule has 0 atom stereocenters. The zero-order valence-corrected chi connectivity index (χ0v) is 12.7. The van der Waals surface area contributed by atoms with Gasteiger partial charge in [0.25, 0.3) is 5.91 Å². The van der Waals surface area contributed by atoms with E-state index in [0.29, 0.717) is 11.3 Å². The second kappa shape index (κ2) is 8.09. The number of ether oxygens (including phenoxy) is 1. The predicted molar refractivity (Wildman–Crippen MR) is 83.7 cm³/mol. The molecule has 0 spiro atoms. The first kappa shape index (κ1) is 16.7. The number of benzene rings is 1. The fourth-order valence-electron chi connectivity index (χ4n) is 1.60. The van der Waals surface area contributed by atoms with E-state index >= 15 is 0 Å². The Kier molecular flexibility index (Phi) is 5.63. The largest absolute Gasteiger partial charge is 0.482 e. The molecule has 24 heavy (non-hydrogen) atoms. The molecule has 0 aliphatic rings. The Labute approximate surface area is 137 Å². The summed E-state index contributed by atoms with van der Waals surface area (Å²) in [6.45, 7) is 1.41. The number of carbonyl (C=O) groups is 2. The Morgan fingerprint density at radius 3 is 2.67 bits per heavy atom. The number of para-hydroxylation sites is 1. The second-order valence-electron chi connectivity index (χ2n) is 4.58. The molecular formula is C15H14N6O3. The molecule has 1 aromatic heterocycles. The van der Waals surface area contributed by atoms with Crippen LogP contribution in [0.25, 0.3) is 0 Å². The molecule has 2 rings (SSSR count). The molecule has 0 fully saturated rings. The van der Waals surface area contributed by atoms with Crippen molar-refractivity contribution in [2.24, 2.45) is 0 Å². The topological polar surface area (TPSA) is 129 Å². The third-order valence-corrected chi connectivity index (χ3v) is 2.72. The lowest BCUT2D eigenvalue weighted by molar-refractivity contribution is -0.123. The molecule has 0 saturated heterocycles. The molecule has 0 bridgehead atoms. The van der Waals surface area contributed by atoms with Crippen molar-refractivity contribution in [2.45, 2.75) is 6.92 Å². The van der Waals surface area contributed by atoms with Crippen LogP contribution in [-0.2, 0) is 4.79 Å². The molecule has 0 radical (unpaired) electrons. The summed E-state index contributed by atoms with van der Waals surface area (Å²) < 4.78 is 5.22. The molecule has 0 aliphatic carbocycles. The predicted octanol–water partition coefficient (Wildman–Crippen LogP) is 0.888. The quantitative estimate of drug-likeness (QED) is 0.716. The summed E-state index contributed by atoms with van der Waals surface area (Å²) in [6, 6.07) is 11.0. The highest BCUT2D eigenvalue weighted by molar-refractivity contribution is 5.90. The number of rotatable bonds is 4. The molecule has 3 N–H and O–H groups in total. The number of hydrogen-bond donors (Lipinski definition) is 3. The van der Waals surface area contributed by atoms with E-state index in [9.17, 15) is 9.59 Å². The van der Waals surface area contributed by atoms with E-state index in [1.807, 2.05) is 6.07 Å². The van der Waals surface area contributed by atoms with E-state index in [0.717, 1.165) is 0 Å². The number of nitrogens with zero attached hydrogens (tertiary/aromatic N) is 3. The smallest absolute Gasteiger partial charge is 0.339 e. The van der Waals surface area contributed by atoms with Crippen molar-refractivity contribution in [1.29, 1.82) is 5.26 Å². The molecule has 1 heterocycles. The van der Waals surface area contributed by atoms with Crippen LogP contribution in [0.4, 0.5) is 10.6 Å². The highest BCUT2D eigenvalue weighted by atomic mass is 16.5. The molecule has 0 unspecified atom stereocenters. The van der Waals surface area contributed by atoms with Gasteiger partial charge < -0.3 is 4.74 Å². The van der Waals surface area contributed by atoms with E-state index in [4.69, 9.17) is 10.00 Å². The molecule has 0 aliphatic heterocycles. The molecular weight excluding hydrogens is 312 g/mol. The van der Waals surface area contributed by atoms with Gasteiger partial charge in [-0.1, -0.05) is 12.1 Å². The van der Waals surface area contributed by atoms with Crippen LogP contribution in [0.15, 0.2) is 36.4 Å². The number of urea groups is 1. The molecule has 1 aromatic carbocycles. The van der Waals surface area contributed by atoms with Crippen molar-refractivity contribution in [2.75, 3.05) is 11.9 Å². The third kappa shape index (κ3) is 4.96. The molecule has 0 saturated carbocycles. The summed E-state index contributed by atoms with van der Waals surface area (Å²) >= 11 is 0. The van der Waals surface area contributed by atoms with Crippen molar-refractivity contribution < 1.29 is 14.3 Å². The van der Waals surface area contributed by atoms with Crippen LogP contribution in [0.2, 0.25) is 0 Å². The van der Waals surface area contributed by atoms with Gasteiger partial charge in [0, 0.05) is 0 Å². The minimum absolute atomic E-state index is 0.242. The first-order valence-electron chi connectivity index (χ1n) is 6.86. The van der Waals surface area contributed by atoms with Gasteiger partial charge in [-0.15, -0.1) is 5.10 Å². The molecule has 9 nitrogen and oxygen atoms in total. The summed E-state index contributed by atoms with van der Waals surface area (Å²) in [5.74, 6) is -0.0611. The highest BCUT2D eigenvalue weighted by Gasteiger charge is 2.08. The van der Waals surface area contributed by atoms with Crippen LogP contribution in [0.5, 0.6) is 5.75 Å². The van der Waals surface area contributed by atoms with Crippen molar-refractivity contribution in [1.82, 2.24) is 21.0 Å². The van der Waals surface area contributed by atoms with Crippen molar-refractivity contribution >= 4 is 17.8 Å². The SMILES string of the molecule is Cc1ccc(NC(=O)NNC(=O)COc2ccccc2C#N)nn1. The minimum atomic E-state index is -0.682. The van der Waals surface area contributed by atoms with Gasteiger partial charge in [-0.2, -0.15) is 10.4 Å². The van der Waals surface area contributed by atoms with Gasteiger partial charge in [0.05, 0.1) is 11.3 Å². The second-order valence-corrected chi connectivity index (χ2v) is 4.58. The van der Waals surface area contributed by atoms with Crippen LogP contribution < -0.4 is 20.9 Å². The Morgan fingerprint density at radius 1 is 1.17 bits per heavy atom. The Balaban J connectivity index is 1.75. The number of nitrogens with one attached hydrogen (secondary N) is 3. The number of aryl methyl sites for hydroxylation is 1. The monoisotopic (exact) mass is 326 g/mol. The summed E-state index contributed by atoms with van der Waals surface area (Å²) in [5, 5.41) is 18.8. The van der Waals surface area contributed by atoms with Crippen LogP contribution in [0.1, 0.15) is 11.3 Å². The lowest BCUT2D eigenvalue weighted by Crippen LogP contribution is -2.45. The lowest BCUT2D eigenvalue weighted by atomic mass is 10.2. The Bertz CT molecular complexity index is 770. The minimum Gasteiger partial charge on any atom is -0.482 e. The highest BCUT2D eigenvalue weighted by Crippen LogP contribution is 2.15. The van der Waals surface area contributed by atoms with Crippen LogP contribution in [-0.4, -0.2) is 28.7 Å². The van der Waals surface area contributed by atoms with Crippen molar-refractivity contribution in [3.05, 3.63) is 47.7 Å².